The maximum Gasteiger partial charge on any atom is 0.127 e. The van der Waals surface area contributed by atoms with Gasteiger partial charge >= 0.3 is 0 Å². The lowest BCUT2D eigenvalue weighted by molar-refractivity contribution is 1.29. The maximum atomic E-state index is 5.68. The van der Waals surface area contributed by atoms with Crippen molar-refractivity contribution in [2.75, 3.05) is 12.4 Å². The molecule has 0 radical (unpaired) electrons. The first-order chi connectivity index (χ1) is 5.74. The van der Waals surface area contributed by atoms with Gasteiger partial charge in [-0.25, -0.2) is 4.98 Å². The summed E-state index contributed by atoms with van der Waals surface area (Å²) in [6.07, 6.45) is 1.51. The van der Waals surface area contributed by atoms with Crippen molar-refractivity contribution in [3.8, 4) is 0 Å². The smallest absolute Gasteiger partial charge is 0.127 e. The Morgan fingerprint density at radius 2 is 1.83 bits per heavy atom. The van der Waals surface area contributed by atoms with Gasteiger partial charge in [0.05, 0.1) is 10.0 Å². The van der Waals surface area contributed by atoms with Crippen LogP contribution in [0.5, 0.6) is 0 Å². The molecular weight excluding hydrogens is 195 g/mol. The molecule has 68 valence electrons. The highest BCUT2D eigenvalue weighted by atomic mass is 35.5. The summed E-state index contributed by atoms with van der Waals surface area (Å²) in [5.41, 5.74) is 0. The Labute approximate surface area is 82.9 Å². The molecule has 1 heterocycles. The van der Waals surface area contributed by atoms with E-state index in [0.29, 0.717) is 10.0 Å². The van der Waals surface area contributed by atoms with Crippen molar-refractivity contribution in [2.24, 2.45) is 0 Å². The minimum atomic E-state index is 0.473. The number of hydrogen-bond donors (Lipinski definition) is 1. The Morgan fingerprint density at radius 3 is 2.25 bits per heavy atom. The molecular formula is C8H12Cl2N2. The van der Waals surface area contributed by atoms with Crippen molar-refractivity contribution in [3.63, 3.8) is 0 Å². The number of nitrogens with one attached hydrogen (secondary N) is 1. The van der Waals surface area contributed by atoms with Crippen LogP contribution in [0.3, 0.4) is 0 Å². The van der Waals surface area contributed by atoms with E-state index >= 15 is 0 Å². The largest absolute Gasteiger partial charge is 0.373 e. The lowest BCUT2D eigenvalue weighted by Gasteiger charge is -1.98. The maximum absolute atomic E-state index is 5.68. The van der Waals surface area contributed by atoms with E-state index in [9.17, 15) is 0 Å². The predicted molar refractivity (Wildman–Crippen MR) is 55.2 cm³/mol. The van der Waals surface area contributed by atoms with E-state index in [2.05, 4.69) is 10.3 Å². The minimum absolute atomic E-state index is 0.473. The van der Waals surface area contributed by atoms with E-state index in [-0.39, 0.29) is 0 Å². The molecule has 0 atom stereocenters. The Morgan fingerprint density at radius 1 is 1.25 bits per heavy atom. The zero-order valence-corrected chi connectivity index (χ0v) is 8.87. The van der Waals surface area contributed by atoms with Gasteiger partial charge in [-0.15, -0.1) is 0 Å². The Hall–Kier alpha value is -0.470. The second-order valence-corrected chi connectivity index (χ2v) is 2.55. The van der Waals surface area contributed by atoms with Crippen molar-refractivity contribution in [3.05, 3.63) is 22.3 Å². The van der Waals surface area contributed by atoms with Crippen LogP contribution in [0.1, 0.15) is 13.8 Å². The predicted octanol–water partition coefficient (Wildman–Crippen LogP) is 3.46. The Balaban J connectivity index is 0.000000561. The van der Waals surface area contributed by atoms with Gasteiger partial charge in [0.2, 0.25) is 0 Å². The zero-order chi connectivity index (χ0) is 9.56. The molecule has 12 heavy (non-hydrogen) atoms. The summed E-state index contributed by atoms with van der Waals surface area (Å²) in [5.74, 6) is 0.717. The molecule has 1 aromatic heterocycles. The van der Waals surface area contributed by atoms with Crippen LogP contribution in [0, 0.1) is 0 Å². The molecule has 1 aromatic rings. The SMILES string of the molecule is CC.CNc1cc(Cl)c(Cl)cn1. The molecule has 0 saturated carbocycles. The lowest BCUT2D eigenvalue weighted by Crippen LogP contribution is -1.90. The van der Waals surface area contributed by atoms with Gasteiger partial charge in [-0.3, -0.25) is 0 Å². The third-order valence-corrected chi connectivity index (χ3v) is 1.78. The van der Waals surface area contributed by atoms with Gasteiger partial charge in [0.15, 0.2) is 0 Å². The van der Waals surface area contributed by atoms with Gasteiger partial charge in [-0.1, -0.05) is 37.0 Å². The molecule has 1 rings (SSSR count). The van der Waals surface area contributed by atoms with Crippen molar-refractivity contribution in [1.29, 1.82) is 0 Å². The average molecular weight is 207 g/mol. The standard InChI is InChI=1S/C6H6Cl2N2.C2H6/c1-9-6-2-4(7)5(8)3-10-6;1-2/h2-3H,1H3,(H,9,10);1-2H3. The highest BCUT2D eigenvalue weighted by molar-refractivity contribution is 6.42. The van der Waals surface area contributed by atoms with E-state index in [1.807, 2.05) is 13.8 Å². The van der Waals surface area contributed by atoms with Crippen LogP contribution in [0.25, 0.3) is 0 Å². The van der Waals surface area contributed by atoms with Crippen molar-refractivity contribution in [1.82, 2.24) is 4.98 Å². The summed E-state index contributed by atoms with van der Waals surface area (Å²) < 4.78 is 0. The fourth-order valence-corrected chi connectivity index (χ4v) is 0.806. The highest BCUT2D eigenvalue weighted by Crippen LogP contribution is 2.22. The van der Waals surface area contributed by atoms with Crippen LogP contribution in [-0.2, 0) is 0 Å². The number of pyridine rings is 1. The number of aromatic nitrogens is 1. The molecule has 1 N–H and O–H groups in total. The van der Waals surface area contributed by atoms with E-state index in [1.165, 1.54) is 6.20 Å². The normalized spacial score (nSPS) is 8.42. The molecule has 0 bridgehead atoms. The summed E-state index contributed by atoms with van der Waals surface area (Å²) in [6.45, 7) is 4.00. The van der Waals surface area contributed by atoms with Crippen LogP contribution in [0.15, 0.2) is 12.3 Å². The first-order valence-electron chi connectivity index (χ1n) is 3.73. The highest BCUT2D eigenvalue weighted by Gasteiger charge is 1.97. The summed E-state index contributed by atoms with van der Waals surface area (Å²) in [4.78, 5) is 3.93. The molecule has 0 aromatic carbocycles. The molecule has 2 nitrogen and oxygen atoms in total. The van der Waals surface area contributed by atoms with Crippen LogP contribution >= 0.6 is 23.2 Å². The molecule has 4 heteroatoms. The van der Waals surface area contributed by atoms with Crippen molar-refractivity contribution < 1.29 is 0 Å². The van der Waals surface area contributed by atoms with Crippen molar-refractivity contribution >= 4 is 29.0 Å². The molecule has 0 unspecified atom stereocenters. The van der Waals surface area contributed by atoms with Crippen LogP contribution < -0.4 is 5.32 Å². The number of hydrogen-bond acceptors (Lipinski definition) is 2. The Bertz CT molecular complexity index is 238. The summed E-state index contributed by atoms with van der Waals surface area (Å²) in [7, 11) is 1.77. The monoisotopic (exact) mass is 206 g/mol. The van der Waals surface area contributed by atoms with E-state index < -0.39 is 0 Å². The fraction of sp³-hybridized carbons (Fsp3) is 0.375. The van der Waals surface area contributed by atoms with Crippen LogP contribution in [0.4, 0.5) is 5.82 Å². The number of anilines is 1. The first-order valence-corrected chi connectivity index (χ1v) is 4.48. The number of nitrogens with zero attached hydrogens (tertiary/aromatic N) is 1. The van der Waals surface area contributed by atoms with E-state index in [4.69, 9.17) is 23.2 Å². The molecule has 0 aliphatic heterocycles. The second kappa shape index (κ2) is 6.09. The van der Waals surface area contributed by atoms with Crippen molar-refractivity contribution in [2.45, 2.75) is 13.8 Å². The molecule has 0 fully saturated rings. The Kier molecular flexibility index (Phi) is 5.85. The molecule has 0 aliphatic carbocycles. The number of rotatable bonds is 1. The zero-order valence-electron chi connectivity index (χ0n) is 7.36. The molecule has 0 saturated heterocycles. The van der Waals surface area contributed by atoms with Crippen LogP contribution in [0.2, 0.25) is 10.0 Å². The minimum Gasteiger partial charge on any atom is -0.373 e. The third-order valence-electron chi connectivity index (χ3n) is 1.06. The van der Waals surface area contributed by atoms with E-state index in [0.717, 1.165) is 5.82 Å². The molecule has 0 aliphatic rings. The lowest BCUT2D eigenvalue weighted by atomic mass is 10.4. The van der Waals surface area contributed by atoms with Gasteiger partial charge in [-0.05, 0) is 0 Å². The summed E-state index contributed by atoms with van der Waals surface area (Å²) in [6, 6.07) is 1.67. The van der Waals surface area contributed by atoms with Gasteiger partial charge in [0.25, 0.3) is 0 Å². The summed E-state index contributed by atoms with van der Waals surface area (Å²) >= 11 is 11.3. The van der Waals surface area contributed by atoms with E-state index in [1.54, 1.807) is 13.1 Å². The quantitative estimate of drug-likeness (QED) is 0.762. The summed E-state index contributed by atoms with van der Waals surface area (Å²) in [5, 5.41) is 3.83. The van der Waals surface area contributed by atoms with Crippen LogP contribution in [-0.4, -0.2) is 12.0 Å². The number of halogens is 2. The second-order valence-electron chi connectivity index (χ2n) is 1.73. The third kappa shape index (κ3) is 3.28. The average Bonchev–Trinajstić information content (AvgIpc) is 2.13. The van der Waals surface area contributed by atoms with Gasteiger partial charge in [0.1, 0.15) is 5.82 Å². The van der Waals surface area contributed by atoms with Gasteiger partial charge in [0, 0.05) is 19.3 Å². The first kappa shape index (κ1) is 11.5. The molecule has 0 amide bonds. The fourth-order valence-electron chi connectivity index (χ4n) is 0.551. The topological polar surface area (TPSA) is 24.9 Å². The molecule has 0 spiro atoms. The van der Waals surface area contributed by atoms with Gasteiger partial charge in [-0.2, -0.15) is 0 Å². The van der Waals surface area contributed by atoms with Gasteiger partial charge < -0.3 is 5.32 Å².